The summed E-state index contributed by atoms with van der Waals surface area (Å²) in [7, 11) is 0. The number of carbonyl (C=O) groups is 1. The predicted molar refractivity (Wildman–Crippen MR) is 77.1 cm³/mol. The molecule has 0 bridgehead atoms. The second-order valence-electron chi connectivity index (χ2n) is 5.31. The van der Waals surface area contributed by atoms with E-state index < -0.39 is 6.10 Å². The van der Waals surface area contributed by atoms with Crippen molar-refractivity contribution in [2.45, 2.75) is 38.8 Å². The number of ether oxygens (including phenoxy) is 1. The Morgan fingerprint density at radius 3 is 3.09 bits per heavy atom. The Balaban J connectivity index is 1.70. The lowest BCUT2D eigenvalue weighted by Gasteiger charge is -2.25. The average Bonchev–Trinajstić information content (AvgIpc) is 3.15. The lowest BCUT2D eigenvalue weighted by Crippen LogP contribution is -2.40. The van der Waals surface area contributed by atoms with Crippen LogP contribution in [0.4, 0.5) is 0 Å². The molecule has 116 valence electrons. The maximum Gasteiger partial charge on any atom is 0.263 e. The molecule has 7 heteroatoms. The smallest absolute Gasteiger partial charge is 0.263 e. The first-order valence-electron chi connectivity index (χ1n) is 7.32. The van der Waals surface area contributed by atoms with Gasteiger partial charge < -0.3 is 14.2 Å². The molecular weight excluding hydrogens is 284 g/mol. The first-order valence-corrected chi connectivity index (χ1v) is 7.32. The summed E-state index contributed by atoms with van der Waals surface area (Å²) in [5.74, 6) is 1.58. The molecule has 1 aliphatic rings. The third-order valence-corrected chi connectivity index (χ3v) is 3.67. The summed E-state index contributed by atoms with van der Waals surface area (Å²) in [6.45, 7) is 4.16. The molecule has 0 spiro atoms. The van der Waals surface area contributed by atoms with E-state index in [4.69, 9.17) is 9.26 Å². The van der Waals surface area contributed by atoms with Gasteiger partial charge in [-0.05, 0) is 31.9 Å². The van der Waals surface area contributed by atoms with Gasteiger partial charge in [0.15, 0.2) is 11.9 Å². The SMILES string of the molecule is Cc1nc([C@@H]2CCCN2C(=O)[C@H](C)Oc2cccnc2)no1. The summed E-state index contributed by atoms with van der Waals surface area (Å²) in [5, 5.41) is 3.94. The van der Waals surface area contributed by atoms with Crippen molar-refractivity contribution in [1.82, 2.24) is 20.0 Å². The summed E-state index contributed by atoms with van der Waals surface area (Å²) in [5.41, 5.74) is 0. The summed E-state index contributed by atoms with van der Waals surface area (Å²) in [6, 6.07) is 3.42. The molecule has 0 unspecified atom stereocenters. The molecule has 2 aromatic rings. The highest BCUT2D eigenvalue weighted by molar-refractivity contribution is 5.81. The van der Waals surface area contributed by atoms with Crippen LogP contribution in [0.5, 0.6) is 5.75 Å². The van der Waals surface area contributed by atoms with E-state index in [9.17, 15) is 4.79 Å². The van der Waals surface area contributed by atoms with Crippen molar-refractivity contribution < 1.29 is 14.1 Å². The Bertz CT molecular complexity index is 643. The largest absolute Gasteiger partial charge is 0.479 e. The van der Waals surface area contributed by atoms with E-state index in [1.54, 1.807) is 43.3 Å². The molecule has 0 aliphatic carbocycles. The van der Waals surface area contributed by atoms with Crippen molar-refractivity contribution in [3.05, 3.63) is 36.2 Å². The highest BCUT2D eigenvalue weighted by atomic mass is 16.5. The maximum atomic E-state index is 12.6. The molecule has 1 amide bonds. The van der Waals surface area contributed by atoms with Crippen LogP contribution in [0.25, 0.3) is 0 Å². The Hall–Kier alpha value is -2.44. The molecule has 1 saturated heterocycles. The van der Waals surface area contributed by atoms with Crippen molar-refractivity contribution in [3.63, 3.8) is 0 Å². The third kappa shape index (κ3) is 2.93. The number of amides is 1. The summed E-state index contributed by atoms with van der Waals surface area (Å²) >= 11 is 0. The molecule has 1 aliphatic heterocycles. The second kappa shape index (κ2) is 6.13. The van der Waals surface area contributed by atoms with E-state index >= 15 is 0 Å². The van der Waals surface area contributed by atoms with Crippen LogP contribution in [0.15, 0.2) is 29.0 Å². The van der Waals surface area contributed by atoms with Crippen LogP contribution >= 0.6 is 0 Å². The van der Waals surface area contributed by atoms with Crippen LogP contribution in [0.3, 0.4) is 0 Å². The molecule has 1 fully saturated rings. The van der Waals surface area contributed by atoms with Crippen LogP contribution in [-0.4, -0.2) is 38.6 Å². The topological polar surface area (TPSA) is 81.4 Å². The van der Waals surface area contributed by atoms with Gasteiger partial charge in [-0.3, -0.25) is 9.78 Å². The third-order valence-electron chi connectivity index (χ3n) is 3.67. The fourth-order valence-electron chi connectivity index (χ4n) is 2.65. The quantitative estimate of drug-likeness (QED) is 0.858. The fourth-order valence-corrected chi connectivity index (χ4v) is 2.65. The Kier molecular flexibility index (Phi) is 4.04. The zero-order chi connectivity index (χ0) is 15.5. The minimum Gasteiger partial charge on any atom is -0.479 e. The fraction of sp³-hybridized carbons (Fsp3) is 0.467. The first kappa shape index (κ1) is 14.5. The van der Waals surface area contributed by atoms with Gasteiger partial charge in [0.05, 0.1) is 12.2 Å². The van der Waals surface area contributed by atoms with Crippen molar-refractivity contribution >= 4 is 5.91 Å². The van der Waals surface area contributed by atoms with Gasteiger partial charge in [0.1, 0.15) is 5.75 Å². The van der Waals surface area contributed by atoms with Crippen LogP contribution in [0.1, 0.15) is 37.5 Å². The molecule has 2 aromatic heterocycles. The number of aryl methyl sites for hydroxylation is 1. The lowest BCUT2D eigenvalue weighted by atomic mass is 10.2. The monoisotopic (exact) mass is 302 g/mol. The summed E-state index contributed by atoms with van der Waals surface area (Å²) in [4.78, 5) is 22.6. The van der Waals surface area contributed by atoms with Gasteiger partial charge in [-0.1, -0.05) is 5.16 Å². The Morgan fingerprint density at radius 2 is 2.41 bits per heavy atom. The lowest BCUT2D eigenvalue weighted by molar-refractivity contribution is -0.139. The van der Waals surface area contributed by atoms with E-state index in [-0.39, 0.29) is 11.9 Å². The molecular formula is C15H18N4O3. The van der Waals surface area contributed by atoms with Gasteiger partial charge in [0.25, 0.3) is 5.91 Å². The number of rotatable bonds is 4. The maximum absolute atomic E-state index is 12.6. The van der Waals surface area contributed by atoms with Crippen molar-refractivity contribution in [1.29, 1.82) is 0 Å². The first-order chi connectivity index (χ1) is 10.6. The molecule has 22 heavy (non-hydrogen) atoms. The van der Waals surface area contributed by atoms with E-state index in [2.05, 4.69) is 15.1 Å². The molecule has 2 atom stereocenters. The highest BCUT2D eigenvalue weighted by Gasteiger charge is 2.35. The Labute approximate surface area is 128 Å². The summed E-state index contributed by atoms with van der Waals surface area (Å²) < 4.78 is 10.7. The van der Waals surface area contributed by atoms with Crippen molar-refractivity contribution in [2.24, 2.45) is 0 Å². The van der Waals surface area contributed by atoms with Crippen LogP contribution in [0, 0.1) is 6.92 Å². The van der Waals surface area contributed by atoms with Gasteiger partial charge in [0.2, 0.25) is 5.89 Å². The molecule has 0 aromatic carbocycles. The predicted octanol–water partition coefficient (Wildman–Crippen LogP) is 1.90. The van der Waals surface area contributed by atoms with E-state index in [0.717, 1.165) is 12.8 Å². The van der Waals surface area contributed by atoms with Gasteiger partial charge in [-0.15, -0.1) is 0 Å². The van der Waals surface area contributed by atoms with Crippen LogP contribution in [0.2, 0.25) is 0 Å². The number of carbonyl (C=O) groups excluding carboxylic acids is 1. The number of nitrogens with zero attached hydrogens (tertiary/aromatic N) is 4. The van der Waals surface area contributed by atoms with Crippen molar-refractivity contribution in [2.75, 3.05) is 6.54 Å². The number of hydrogen-bond acceptors (Lipinski definition) is 6. The van der Waals surface area contributed by atoms with Crippen LogP contribution < -0.4 is 4.74 Å². The Morgan fingerprint density at radius 1 is 1.55 bits per heavy atom. The standard InChI is InChI=1S/C15H18N4O3/c1-10(21-12-5-3-7-16-9-12)15(20)19-8-4-6-13(19)14-17-11(2)22-18-14/h3,5,7,9-10,13H,4,6,8H2,1-2H3/t10-,13-/m0/s1. The zero-order valence-corrected chi connectivity index (χ0v) is 12.6. The number of aromatic nitrogens is 3. The molecule has 3 heterocycles. The number of likely N-dealkylation sites (tertiary alicyclic amines) is 1. The minimum absolute atomic E-state index is 0.0752. The van der Waals surface area contributed by atoms with Gasteiger partial charge in [-0.2, -0.15) is 4.98 Å². The van der Waals surface area contributed by atoms with Gasteiger partial charge in [-0.25, -0.2) is 0 Å². The molecule has 0 radical (unpaired) electrons. The van der Waals surface area contributed by atoms with E-state index in [1.165, 1.54) is 0 Å². The second-order valence-corrected chi connectivity index (χ2v) is 5.31. The van der Waals surface area contributed by atoms with E-state index in [0.29, 0.717) is 24.0 Å². The van der Waals surface area contributed by atoms with Crippen molar-refractivity contribution in [3.8, 4) is 5.75 Å². The highest BCUT2D eigenvalue weighted by Crippen LogP contribution is 2.31. The molecule has 0 N–H and O–H groups in total. The molecule has 0 saturated carbocycles. The number of hydrogen-bond donors (Lipinski definition) is 0. The summed E-state index contributed by atoms with van der Waals surface area (Å²) in [6.07, 6.45) is 4.42. The minimum atomic E-state index is -0.585. The molecule has 3 rings (SSSR count). The number of pyridine rings is 1. The zero-order valence-electron chi connectivity index (χ0n) is 12.6. The van der Waals surface area contributed by atoms with Crippen LogP contribution in [-0.2, 0) is 4.79 Å². The normalized spacial score (nSPS) is 19.2. The van der Waals surface area contributed by atoms with Gasteiger partial charge in [0, 0.05) is 19.7 Å². The molecule has 7 nitrogen and oxygen atoms in total. The van der Waals surface area contributed by atoms with E-state index in [1.807, 2.05) is 0 Å². The van der Waals surface area contributed by atoms with Gasteiger partial charge >= 0.3 is 0 Å². The average molecular weight is 302 g/mol.